The number of piperazine rings is 1. The Hall–Kier alpha value is -1.33. The second-order valence-electron chi connectivity index (χ2n) is 5.31. The lowest BCUT2D eigenvalue weighted by atomic mass is 9.95. The van der Waals surface area contributed by atoms with Crippen LogP contribution in [-0.4, -0.2) is 42.5 Å². The van der Waals surface area contributed by atoms with Crippen LogP contribution < -0.4 is 10.6 Å². The lowest BCUT2D eigenvalue weighted by Gasteiger charge is -2.46. The third-order valence-electron chi connectivity index (χ3n) is 3.46. The van der Waals surface area contributed by atoms with Gasteiger partial charge in [0, 0.05) is 18.6 Å². The van der Waals surface area contributed by atoms with Crippen molar-refractivity contribution in [3.63, 3.8) is 0 Å². The molecule has 1 saturated heterocycles. The molecular weight excluding hydrogens is 230 g/mol. The van der Waals surface area contributed by atoms with E-state index in [1.165, 1.54) is 0 Å². The molecule has 1 unspecified atom stereocenters. The molecule has 1 amide bonds. The Morgan fingerprint density at radius 1 is 1.61 bits per heavy atom. The van der Waals surface area contributed by atoms with Gasteiger partial charge >= 0.3 is 0 Å². The normalized spacial score (nSPS) is 23.9. The molecule has 2 heterocycles. The summed E-state index contributed by atoms with van der Waals surface area (Å²) in [7, 11) is 1.86. The van der Waals surface area contributed by atoms with E-state index in [-0.39, 0.29) is 17.5 Å². The van der Waals surface area contributed by atoms with E-state index in [1.54, 1.807) is 6.26 Å². The van der Waals surface area contributed by atoms with E-state index in [2.05, 4.69) is 29.4 Å². The number of carbonyl (C=O) groups is 1. The van der Waals surface area contributed by atoms with Gasteiger partial charge in [0.25, 0.3) is 0 Å². The van der Waals surface area contributed by atoms with Crippen LogP contribution in [0.2, 0.25) is 0 Å². The van der Waals surface area contributed by atoms with Crippen LogP contribution in [0.5, 0.6) is 0 Å². The number of carbonyl (C=O) groups excluding carboxylic acids is 1. The zero-order chi connectivity index (χ0) is 13.2. The first-order chi connectivity index (χ1) is 8.54. The topological polar surface area (TPSA) is 57.5 Å². The van der Waals surface area contributed by atoms with Gasteiger partial charge in [-0.1, -0.05) is 0 Å². The molecule has 0 radical (unpaired) electrons. The molecular formula is C13H21N3O2. The predicted molar refractivity (Wildman–Crippen MR) is 69.1 cm³/mol. The van der Waals surface area contributed by atoms with Gasteiger partial charge in [0.05, 0.1) is 12.8 Å². The Labute approximate surface area is 108 Å². The minimum atomic E-state index is -0.163. The molecule has 2 rings (SSSR count). The lowest BCUT2D eigenvalue weighted by Crippen LogP contribution is -2.67. The molecule has 1 aromatic heterocycles. The summed E-state index contributed by atoms with van der Waals surface area (Å²) in [4.78, 5) is 14.2. The van der Waals surface area contributed by atoms with Crippen molar-refractivity contribution in [1.29, 1.82) is 0 Å². The third kappa shape index (κ3) is 2.57. The summed E-state index contributed by atoms with van der Waals surface area (Å²) in [5.74, 6) is 0.967. The fourth-order valence-electron chi connectivity index (χ4n) is 2.38. The molecule has 1 atom stereocenters. The van der Waals surface area contributed by atoms with Crippen molar-refractivity contribution in [2.24, 2.45) is 0 Å². The number of furan rings is 1. The molecule has 1 aliphatic heterocycles. The summed E-state index contributed by atoms with van der Waals surface area (Å²) in [5, 5.41) is 6.05. The zero-order valence-electron chi connectivity index (χ0n) is 11.2. The van der Waals surface area contributed by atoms with E-state index in [0.29, 0.717) is 19.6 Å². The van der Waals surface area contributed by atoms with E-state index in [1.807, 2.05) is 19.2 Å². The highest BCUT2D eigenvalue weighted by molar-refractivity contribution is 5.83. The number of hydrogen-bond donors (Lipinski definition) is 2. The van der Waals surface area contributed by atoms with Gasteiger partial charge in [-0.05, 0) is 33.0 Å². The first-order valence-electron chi connectivity index (χ1n) is 6.26. The van der Waals surface area contributed by atoms with Crippen LogP contribution in [0.4, 0.5) is 0 Å². The van der Waals surface area contributed by atoms with Crippen molar-refractivity contribution in [2.75, 3.05) is 20.1 Å². The lowest BCUT2D eigenvalue weighted by molar-refractivity contribution is -0.134. The SMILES string of the molecule is CNCC1C(=O)NCC(C)(C)N1Cc1ccco1. The number of likely N-dealkylation sites (N-methyl/N-ethyl adjacent to an activating group) is 1. The van der Waals surface area contributed by atoms with Gasteiger partial charge in [0.2, 0.25) is 5.91 Å². The van der Waals surface area contributed by atoms with Gasteiger partial charge in [-0.25, -0.2) is 0 Å². The van der Waals surface area contributed by atoms with Gasteiger partial charge in [-0.3, -0.25) is 9.69 Å². The van der Waals surface area contributed by atoms with Crippen molar-refractivity contribution < 1.29 is 9.21 Å². The quantitative estimate of drug-likeness (QED) is 0.822. The molecule has 18 heavy (non-hydrogen) atoms. The first kappa shape index (κ1) is 13.1. The molecule has 0 spiro atoms. The molecule has 100 valence electrons. The van der Waals surface area contributed by atoms with Gasteiger partial charge in [-0.2, -0.15) is 0 Å². The number of hydrogen-bond acceptors (Lipinski definition) is 4. The first-order valence-corrected chi connectivity index (χ1v) is 6.26. The monoisotopic (exact) mass is 251 g/mol. The van der Waals surface area contributed by atoms with E-state index in [4.69, 9.17) is 4.42 Å². The molecule has 0 aliphatic carbocycles. The molecule has 2 N–H and O–H groups in total. The molecule has 0 aromatic carbocycles. The fourth-order valence-corrected chi connectivity index (χ4v) is 2.38. The minimum Gasteiger partial charge on any atom is -0.468 e. The predicted octanol–water partition coefficient (Wildman–Crippen LogP) is 0.578. The van der Waals surface area contributed by atoms with Gasteiger partial charge < -0.3 is 15.1 Å². The number of amides is 1. The number of nitrogens with zero attached hydrogens (tertiary/aromatic N) is 1. The van der Waals surface area contributed by atoms with Gasteiger partial charge in [0.1, 0.15) is 11.8 Å². The molecule has 5 heteroatoms. The third-order valence-corrected chi connectivity index (χ3v) is 3.46. The van der Waals surface area contributed by atoms with Crippen molar-refractivity contribution >= 4 is 5.91 Å². The number of nitrogens with one attached hydrogen (secondary N) is 2. The maximum atomic E-state index is 12.0. The zero-order valence-corrected chi connectivity index (χ0v) is 11.2. The van der Waals surface area contributed by atoms with Gasteiger partial charge in [-0.15, -0.1) is 0 Å². The van der Waals surface area contributed by atoms with Crippen LogP contribution in [-0.2, 0) is 11.3 Å². The molecule has 1 aromatic rings. The Balaban J connectivity index is 2.20. The summed E-state index contributed by atoms with van der Waals surface area (Å²) < 4.78 is 5.40. The summed E-state index contributed by atoms with van der Waals surface area (Å²) >= 11 is 0. The average Bonchev–Trinajstić information content (AvgIpc) is 2.82. The van der Waals surface area contributed by atoms with Crippen molar-refractivity contribution in [1.82, 2.24) is 15.5 Å². The van der Waals surface area contributed by atoms with Crippen LogP contribution in [0.1, 0.15) is 19.6 Å². The molecule has 5 nitrogen and oxygen atoms in total. The average molecular weight is 251 g/mol. The van der Waals surface area contributed by atoms with Crippen LogP contribution in [0.25, 0.3) is 0 Å². The summed E-state index contributed by atoms with van der Waals surface area (Å²) in [6.07, 6.45) is 1.67. The van der Waals surface area contributed by atoms with E-state index in [9.17, 15) is 4.79 Å². The molecule has 0 saturated carbocycles. The fraction of sp³-hybridized carbons (Fsp3) is 0.615. The molecule has 1 fully saturated rings. The summed E-state index contributed by atoms with van der Waals surface area (Å²) in [6, 6.07) is 3.65. The Bertz CT molecular complexity index is 400. The molecule has 0 bridgehead atoms. The Morgan fingerprint density at radius 3 is 3.00 bits per heavy atom. The highest BCUT2D eigenvalue weighted by Gasteiger charge is 2.40. The second kappa shape index (κ2) is 5.12. The highest BCUT2D eigenvalue weighted by Crippen LogP contribution is 2.24. The van der Waals surface area contributed by atoms with Crippen LogP contribution >= 0.6 is 0 Å². The standard InChI is InChI=1S/C13H21N3O2/c1-13(2)9-15-12(17)11(7-14-3)16(13)8-10-5-4-6-18-10/h4-6,11,14H,7-9H2,1-3H3,(H,15,17). The largest absolute Gasteiger partial charge is 0.468 e. The van der Waals surface area contributed by atoms with E-state index < -0.39 is 0 Å². The smallest absolute Gasteiger partial charge is 0.238 e. The second-order valence-corrected chi connectivity index (χ2v) is 5.31. The maximum absolute atomic E-state index is 12.0. The summed E-state index contributed by atoms with van der Waals surface area (Å²) in [6.45, 7) is 6.22. The van der Waals surface area contributed by atoms with Crippen molar-refractivity contribution in [3.05, 3.63) is 24.2 Å². The Morgan fingerprint density at radius 2 is 2.39 bits per heavy atom. The van der Waals surface area contributed by atoms with Gasteiger partial charge in [0.15, 0.2) is 0 Å². The van der Waals surface area contributed by atoms with E-state index >= 15 is 0 Å². The molecule has 1 aliphatic rings. The highest BCUT2D eigenvalue weighted by atomic mass is 16.3. The van der Waals surface area contributed by atoms with Crippen LogP contribution in [0, 0.1) is 0 Å². The van der Waals surface area contributed by atoms with Crippen LogP contribution in [0.3, 0.4) is 0 Å². The van der Waals surface area contributed by atoms with Crippen molar-refractivity contribution in [2.45, 2.75) is 32.0 Å². The van der Waals surface area contributed by atoms with Crippen LogP contribution in [0.15, 0.2) is 22.8 Å². The van der Waals surface area contributed by atoms with Crippen molar-refractivity contribution in [3.8, 4) is 0 Å². The number of rotatable bonds is 4. The van der Waals surface area contributed by atoms with E-state index in [0.717, 1.165) is 5.76 Å². The minimum absolute atomic E-state index is 0.0789. The maximum Gasteiger partial charge on any atom is 0.238 e. The summed E-state index contributed by atoms with van der Waals surface area (Å²) in [5.41, 5.74) is -0.0811. The Kier molecular flexibility index (Phi) is 3.73.